The number of hydrogen-bond donors (Lipinski definition) is 2. The maximum absolute atomic E-state index is 5.61. The molecule has 0 aromatic carbocycles. The van der Waals surface area contributed by atoms with Crippen LogP contribution in [0.25, 0.3) is 0 Å². The molecule has 0 radical (unpaired) electrons. The second-order valence-corrected chi connectivity index (χ2v) is 2.89. The largest absolute Gasteiger partial charge is 0.330 e. The Morgan fingerprint density at radius 2 is 1.36 bits per heavy atom. The maximum Gasteiger partial charge on any atom is 0.00167 e. The number of rotatable bonds is 6. The van der Waals surface area contributed by atoms with Crippen LogP contribution in [-0.4, -0.2) is 13.1 Å². The van der Waals surface area contributed by atoms with Crippen LogP contribution in [0.15, 0.2) is 25.3 Å². The van der Waals surface area contributed by atoms with Gasteiger partial charge in [0.05, 0.1) is 0 Å². The fraction of sp³-hybridized carbons (Fsp3) is 0.556. The molecule has 4 N–H and O–H groups in total. The smallest absolute Gasteiger partial charge is 0.00167 e. The van der Waals surface area contributed by atoms with Crippen molar-refractivity contribution < 1.29 is 0 Å². The van der Waals surface area contributed by atoms with E-state index in [2.05, 4.69) is 13.2 Å². The van der Waals surface area contributed by atoms with Crippen LogP contribution >= 0.6 is 0 Å². The quantitative estimate of drug-likeness (QED) is 0.562. The van der Waals surface area contributed by atoms with E-state index in [1.807, 2.05) is 12.2 Å². The average Bonchev–Trinajstić information content (AvgIpc) is 2.04. The zero-order valence-electron chi connectivity index (χ0n) is 7.05. The summed E-state index contributed by atoms with van der Waals surface area (Å²) in [4.78, 5) is 0. The van der Waals surface area contributed by atoms with E-state index in [0.717, 1.165) is 12.8 Å². The van der Waals surface area contributed by atoms with Crippen LogP contribution < -0.4 is 11.5 Å². The van der Waals surface area contributed by atoms with Gasteiger partial charge in [0.1, 0.15) is 0 Å². The lowest BCUT2D eigenvalue weighted by Crippen LogP contribution is -2.37. The highest BCUT2D eigenvalue weighted by Gasteiger charge is 2.23. The third-order valence-electron chi connectivity index (χ3n) is 2.02. The molecule has 0 aliphatic rings. The summed E-state index contributed by atoms with van der Waals surface area (Å²) in [5.41, 5.74) is 11.2. The average molecular weight is 154 g/mol. The molecule has 0 amide bonds. The summed E-state index contributed by atoms with van der Waals surface area (Å²) >= 11 is 0. The van der Waals surface area contributed by atoms with Gasteiger partial charge in [0.15, 0.2) is 0 Å². The van der Waals surface area contributed by atoms with Crippen LogP contribution in [0, 0.1) is 5.41 Å². The third-order valence-corrected chi connectivity index (χ3v) is 2.02. The third kappa shape index (κ3) is 2.87. The molecule has 0 rings (SSSR count). The van der Waals surface area contributed by atoms with Gasteiger partial charge in [-0.15, -0.1) is 13.2 Å². The summed E-state index contributed by atoms with van der Waals surface area (Å²) in [5.74, 6) is 0. The molecule has 0 spiro atoms. The maximum atomic E-state index is 5.61. The van der Waals surface area contributed by atoms with Crippen molar-refractivity contribution in [2.45, 2.75) is 12.8 Å². The summed E-state index contributed by atoms with van der Waals surface area (Å²) in [6.07, 6.45) is 5.46. The summed E-state index contributed by atoms with van der Waals surface area (Å²) in [6.45, 7) is 8.55. The van der Waals surface area contributed by atoms with Gasteiger partial charge in [-0.1, -0.05) is 12.2 Å². The molecule has 11 heavy (non-hydrogen) atoms. The van der Waals surface area contributed by atoms with E-state index in [1.165, 1.54) is 0 Å². The molecule has 2 heteroatoms. The van der Waals surface area contributed by atoms with Crippen molar-refractivity contribution in [3.63, 3.8) is 0 Å². The van der Waals surface area contributed by atoms with E-state index in [9.17, 15) is 0 Å². The van der Waals surface area contributed by atoms with Crippen LogP contribution in [0.4, 0.5) is 0 Å². The van der Waals surface area contributed by atoms with Gasteiger partial charge in [-0.05, 0) is 25.9 Å². The van der Waals surface area contributed by atoms with Crippen molar-refractivity contribution in [2.75, 3.05) is 13.1 Å². The Morgan fingerprint density at radius 3 is 1.55 bits per heavy atom. The molecule has 0 unspecified atom stereocenters. The lowest BCUT2D eigenvalue weighted by molar-refractivity contribution is 0.318. The van der Waals surface area contributed by atoms with Crippen molar-refractivity contribution in [3.8, 4) is 0 Å². The van der Waals surface area contributed by atoms with Gasteiger partial charge in [-0.25, -0.2) is 0 Å². The molecule has 0 bridgehead atoms. The molecular weight excluding hydrogens is 136 g/mol. The predicted molar refractivity (Wildman–Crippen MR) is 50.2 cm³/mol. The van der Waals surface area contributed by atoms with E-state index in [0.29, 0.717) is 13.1 Å². The van der Waals surface area contributed by atoms with Crippen LogP contribution in [0.5, 0.6) is 0 Å². The summed E-state index contributed by atoms with van der Waals surface area (Å²) < 4.78 is 0. The van der Waals surface area contributed by atoms with Gasteiger partial charge in [0, 0.05) is 5.41 Å². The highest BCUT2D eigenvalue weighted by molar-refractivity contribution is 4.92. The van der Waals surface area contributed by atoms with Crippen LogP contribution in [-0.2, 0) is 0 Å². The minimum atomic E-state index is 0.00347. The van der Waals surface area contributed by atoms with Gasteiger partial charge >= 0.3 is 0 Å². The second kappa shape index (κ2) is 5.10. The van der Waals surface area contributed by atoms with Gasteiger partial charge in [0.25, 0.3) is 0 Å². The van der Waals surface area contributed by atoms with Crippen molar-refractivity contribution in [3.05, 3.63) is 25.3 Å². The first-order valence-corrected chi connectivity index (χ1v) is 3.86. The zero-order chi connectivity index (χ0) is 8.74. The number of nitrogens with two attached hydrogens (primary N) is 2. The molecule has 0 aromatic rings. The van der Waals surface area contributed by atoms with E-state index in [-0.39, 0.29) is 5.41 Å². The lowest BCUT2D eigenvalue weighted by atomic mass is 9.81. The van der Waals surface area contributed by atoms with Crippen molar-refractivity contribution in [1.29, 1.82) is 0 Å². The topological polar surface area (TPSA) is 52.0 Å². The second-order valence-electron chi connectivity index (χ2n) is 2.89. The van der Waals surface area contributed by atoms with Crippen molar-refractivity contribution >= 4 is 0 Å². The molecule has 0 aliphatic carbocycles. The summed E-state index contributed by atoms with van der Waals surface area (Å²) in [6, 6.07) is 0. The Kier molecular flexibility index (Phi) is 4.83. The Morgan fingerprint density at radius 1 is 1.00 bits per heavy atom. The molecule has 0 heterocycles. The van der Waals surface area contributed by atoms with Gasteiger partial charge in [-0.3, -0.25) is 0 Å². The molecule has 0 aliphatic heterocycles. The van der Waals surface area contributed by atoms with Crippen LogP contribution in [0.3, 0.4) is 0 Å². The number of hydrogen-bond acceptors (Lipinski definition) is 2. The van der Waals surface area contributed by atoms with E-state index < -0.39 is 0 Å². The Labute approximate surface area is 69.0 Å². The first kappa shape index (κ1) is 10.4. The van der Waals surface area contributed by atoms with Gasteiger partial charge in [-0.2, -0.15) is 0 Å². The molecule has 0 fully saturated rings. The first-order valence-electron chi connectivity index (χ1n) is 3.86. The highest BCUT2D eigenvalue weighted by Crippen LogP contribution is 2.24. The molecule has 64 valence electrons. The molecule has 0 saturated carbocycles. The fourth-order valence-electron chi connectivity index (χ4n) is 1.11. The predicted octanol–water partition coefficient (Wildman–Crippen LogP) is 1.04. The molecule has 0 atom stereocenters. The fourth-order valence-corrected chi connectivity index (χ4v) is 1.11. The summed E-state index contributed by atoms with van der Waals surface area (Å²) in [7, 11) is 0. The summed E-state index contributed by atoms with van der Waals surface area (Å²) in [5, 5.41) is 0. The van der Waals surface area contributed by atoms with Crippen LogP contribution in [0.1, 0.15) is 12.8 Å². The van der Waals surface area contributed by atoms with E-state index in [4.69, 9.17) is 11.5 Å². The Bertz CT molecular complexity index is 114. The Hall–Kier alpha value is -0.600. The molecule has 0 saturated heterocycles. The normalized spacial score (nSPS) is 11.1. The number of allylic oxidation sites excluding steroid dienone is 2. The van der Waals surface area contributed by atoms with Gasteiger partial charge < -0.3 is 11.5 Å². The standard InChI is InChI=1S/C9H18N2/c1-3-5-9(7-10,8-11)6-4-2/h3-4H,1-2,5-8,10-11H2. The van der Waals surface area contributed by atoms with Crippen LogP contribution in [0.2, 0.25) is 0 Å². The van der Waals surface area contributed by atoms with E-state index >= 15 is 0 Å². The first-order chi connectivity index (χ1) is 5.24. The molecular formula is C9H18N2. The molecule has 2 nitrogen and oxygen atoms in total. The monoisotopic (exact) mass is 154 g/mol. The van der Waals surface area contributed by atoms with E-state index in [1.54, 1.807) is 0 Å². The van der Waals surface area contributed by atoms with Crippen molar-refractivity contribution in [2.24, 2.45) is 16.9 Å². The minimum absolute atomic E-state index is 0.00347. The lowest BCUT2D eigenvalue weighted by Gasteiger charge is -2.28. The van der Waals surface area contributed by atoms with Crippen molar-refractivity contribution in [1.82, 2.24) is 0 Å². The highest BCUT2D eigenvalue weighted by atomic mass is 14.7. The zero-order valence-corrected chi connectivity index (χ0v) is 7.05. The van der Waals surface area contributed by atoms with Gasteiger partial charge in [0.2, 0.25) is 0 Å². The molecule has 0 aromatic heterocycles. The Balaban J connectivity index is 4.17. The SMILES string of the molecule is C=CCC(CN)(CN)CC=C. The minimum Gasteiger partial charge on any atom is -0.330 e.